The van der Waals surface area contributed by atoms with Crippen LogP contribution in [0.3, 0.4) is 0 Å². The number of hydrogen-bond donors (Lipinski definition) is 1. The summed E-state index contributed by atoms with van der Waals surface area (Å²) in [6.07, 6.45) is 2.81. The molecule has 2 aromatic carbocycles. The van der Waals surface area contributed by atoms with Crippen molar-refractivity contribution in [1.82, 2.24) is 5.32 Å². The quantitative estimate of drug-likeness (QED) is 0.675. The van der Waals surface area contributed by atoms with Crippen LogP contribution in [0.1, 0.15) is 25.0 Å². The minimum atomic E-state index is -0.740. The van der Waals surface area contributed by atoms with Crippen LogP contribution in [0.25, 0.3) is 17.0 Å². The van der Waals surface area contributed by atoms with Gasteiger partial charge in [0.1, 0.15) is 23.0 Å². The van der Waals surface area contributed by atoms with Crippen LogP contribution in [0, 0.1) is 0 Å². The maximum atomic E-state index is 12.3. The highest BCUT2D eigenvalue weighted by Gasteiger charge is 2.40. The monoisotopic (exact) mass is 391 g/mol. The Kier molecular flexibility index (Phi) is 4.84. The van der Waals surface area contributed by atoms with E-state index in [1.54, 1.807) is 24.4 Å². The zero-order valence-electron chi connectivity index (χ0n) is 16.2. The second-order valence-corrected chi connectivity index (χ2v) is 7.44. The molecular formula is C23H21NO5. The normalized spacial score (nSPS) is 17.5. The van der Waals surface area contributed by atoms with Crippen LogP contribution in [0.2, 0.25) is 0 Å². The van der Waals surface area contributed by atoms with Crippen LogP contribution in [0.4, 0.5) is 4.79 Å². The molecule has 0 saturated heterocycles. The van der Waals surface area contributed by atoms with Crippen molar-refractivity contribution in [2.75, 3.05) is 0 Å². The Labute approximate surface area is 167 Å². The molecule has 1 aliphatic rings. The van der Waals surface area contributed by atoms with E-state index < -0.39 is 23.4 Å². The molecule has 29 heavy (non-hydrogen) atoms. The third-order valence-corrected chi connectivity index (χ3v) is 4.88. The van der Waals surface area contributed by atoms with Crippen LogP contribution < -0.4 is 15.7 Å². The number of carbonyl (C=O) groups is 1. The molecule has 1 atom stereocenters. The first kappa shape index (κ1) is 18.8. The molecule has 148 valence electrons. The lowest BCUT2D eigenvalue weighted by Crippen LogP contribution is -2.49. The molecule has 0 bridgehead atoms. The molecule has 2 heterocycles. The summed E-state index contributed by atoms with van der Waals surface area (Å²) in [6, 6.07) is 16.3. The van der Waals surface area contributed by atoms with Gasteiger partial charge in [-0.3, -0.25) is 5.32 Å². The van der Waals surface area contributed by atoms with Gasteiger partial charge in [0.15, 0.2) is 0 Å². The standard InChI is InChI=1S/C23H21NO5/c1-23(2)20(28-22(26)24-11-10-15-6-4-3-5-7-15)13-17-12-16-8-9-21(25)27-18(16)14-19(17)29-23/h3-12,14,20H,13H2,1-2H3,(H,24,26)/b11-10+/t20-/m0/s1. The molecule has 0 saturated carbocycles. The summed E-state index contributed by atoms with van der Waals surface area (Å²) in [4.78, 5) is 23.7. The average molecular weight is 391 g/mol. The second-order valence-electron chi connectivity index (χ2n) is 7.44. The van der Waals surface area contributed by atoms with E-state index in [4.69, 9.17) is 13.9 Å². The molecule has 1 aliphatic heterocycles. The van der Waals surface area contributed by atoms with E-state index in [1.165, 1.54) is 6.07 Å². The van der Waals surface area contributed by atoms with Gasteiger partial charge in [0.2, 0.25) is 0 Å². The van der Waals surface area contributed by atoms with Crippen molar-refractivity contribution in [3.05, 3.63) is 82.3 Å². The largest absolute Gasteiger partial charge is 0.484 e. The summed E-state index contributed by atoms with van der Waals surface area (Å²) in [5.41, 5.74) is 1.19. The van der Waals surface area contributed by atoms with Crippen LogP contribution in [-0.4, -0.2) is 17.8 Å². The van der Waals surface area contributed by atoms with Crippen molar-refractivity contribution in [3.63, 3.8) is 0 Å². The molecule has 1 N–H and O–H groups in total. The Morgan fingerprint density at radius 1 is 1.17 bits per heavy atom. The second kappa shape index (κ2) is 7.47. The molecule has 6 heteroatoms. The van der Waals surface area contributed by atoms with E-state index in [-0.39, 0.29) is 0 Å². The first-order chi connectivity index (χ1) is 13.9. The molecule has 1 amide bonds. The topological polar surface area (TPSA) is 77.8 Å². The van der Waals surface area contributed by atoms with E-state index in [0.717, 1.165) is 16.5 Å². The van der Waals surface area contributed by atoms with Gasteiger partial charge in [-0.2, -0.15) is 0 Å². The highest BCUT2D eigenvalue weighted by molar-refractivity contribution is 5.79. The summed E-state index contributed by atoms with van der Waals surface area (Å²) in [5, 5.41) is 3.42. The summed E-state index contributed by atoms with van der Waals surface area (Å²) in [6.45, 7) is 3.72. The number of hydrogen-bond acceptors (Lipinski definition) is 5. The van der Waals surface area contributed by atoms with Crippen molar-refractivity contribution in [1.29, 1.82) is 0 Å². The Hall–Kier alpha value is -3.54. The SMILES string of the molecule is CC1(C)Oc2cc3oc(=O)ccc3cc2C[C@@H]1OC(=O)N/C=C/c1ccccc1. The highest BCUT2D eigenvalue weighted by Crippen LogP contribution is 2.37. The zero-order valence-corrected chi connectivity index (χ0v) is 16.2. The molecule has 4 rings (SSSR count). The lowest BCUT2D eigenvalue weighted by molar-refractivity contribution is -0.0486. The summed E-state index contributed by atoms with van der Waals surface area (Å²) in [5.74, 6) is 0.626. The fourth-order valence-corrected chi connectivity index (χ4v) is 3.31. The Morgan fingerprint density at radius 2 is 1.97 bits per heavy atom. The van der Waals surface area contributed by atoms with Crippen LogP contribution in [-0.2, 0) is 11.2 Å². The van der Waals surface area contributed by atoms with Gasteiger partial charge in [0.05, 0.1) is 0 Å². The number of carbonyl (C=O) groups excluding carboxylic acids is 1. The Morgan fingerprint density at radius 3 is 2.76 bits per heavy atom. The maximum absolute atomic E-state index is 12.3. The highest BCUT2D eigenvalue weighted by atomic mass is 16.6. The maximum Gasteiger partial charge on any atom is 0.411 e. The molecule has 0 aliphatic carbocycles. The number of alkyl carbamates (subject to hydrolysis) is 1. The van der Waals surface area contributed by atoms with Crippen molar-refractivity contribution in [2.45, 2.75) is 32.0 Å². The molecule has 6 nitrogen and oxygen atoms in total. The van der Waals surface area contributed by atoms with Gasteiger partial charge in [-0.15, -0.1) is 0 Å². The minimum absolute atomic E-state index is 0.408. The third kappa shape index (κ3) is 4.16. The zero-order chi connectivity index (χ0) is 20.4. The first-order valence-corrected chi connectivity index (χ1v) is 9.35. The Bertz CT molecular complexity index is 1130. The van der Waals surface area contributed by atoms with E-state index in [1.807, 2.05) is 50.2 Å². The molecule has 3 aromatic rings. The molecule has 0 radical (unpaired) electrons. The van der Waals surface area contributed by atoms with Gasteiger partial charge in [-0.05, 0) is 43.2 Å². The van der Waals surface area contributed by atoms with Gasteiger partial charge in [0.25, 0.3) is 0 Å². The van der Waals surface area contributed by atoms with Gasteiger partial charge < -0.3 is 13.9 Å². The molecule has 0 spiro atoms. The number of fused-ring (bicyclic) bond motifs is 2. The van der Waals surface area contributed by atoms with Gasteiger partial charge in [0, 0.05) is 30.1 Å². The molecular weight excluding hydrogens is 370 g/mol. The fraction of sp³-hybridized carbons (Fsp3) is 0.217. The van der Waals surface area contributed by atoms with Gasteiger partial charge >= 0.3 is 11.7 Å². The average Bonchev–Trinajstić information content (AvgIpc) is 2.68. The van der Waals surface area contributed by atoms with Crippen LogP contribution >= 0.6 is 0 Å². The summed E-state index contributed by atoms with van der Waals surface area (Å²) < 4.78 is 16.9. The minimum Gasteiger partial charge on any atom is -0.484 e. The lowest BCUT2D eigenvalue weighted by atomic mass is 9.90. The summed E-state index contributed by atoms with van der Waals surface area (Å²) >= 11 is 0. The fourth-order valence-electron chi connectivity index (χ4n) is 3.31. The molecule has 0 fully saturated rings. The van der Waals surface area contributed by atoms with Crippen LogP contribution in [0.15, 0.2) is 70.0 Å². The molecule has 0 unspecified atom stereocenters. The van der Waals surface area contributed by atoms with E-state index in [2.05, 4.69) is 5.32 Å². The van der Waals surface area contributed by atoms with Gasteiger partial charge in [-0.25, -0.2) is 9.59 Å². The number of amides is 1. The van der Waals surface area contributed by atoms with E-state index in [9.17, 15) is 9.59 Å². The number of ether oxygens (including phenoxy) is 2. The number of nitrogens with one attached hydrogen (secondary N) is 1. The van der Waals surface area contributed by atoms with Crippen molar-refractivity contribution < 1.29 is 18.7 Å². The smallest absolute Gasteiger partial charge is 0.411 e. The van der Waals surface area contributed by atoms with Gasteiger partial charge in [-0.1, -0.05) is 30.3 Å². The van der Waals surface area contributed by atoms with Crippen molar-refractivity contribution in [3.8, 4) is 5.75 Å². The number of benzene rings is 2. The predicted octanol–water partition coefficient (Wildman–Crippen LogP) is 4.27. The molecule has 1 aromatic heterocycles. The first-order valence-electron chi connectivity index (χ1n) is 9.35. The Balaban J connectivity index is 1.48. The summed E-state index contributed by atoms with van der Waals surface area (Å²) in [7, 11) is 0. The lowest BCUT2D eigenvalue weighted by Gasteiger charge is -2.39. The predicted molar refractivity (Wildman–Crippen MR) is 110 cm³/mol. The third-order valence-electron chi connectivity index (χ3n) is 4.88. The van der Waals surface area contributed by atoms with Crippen LogP contribution in [0.5, 0.6) is 5.75 Å². The van der Waals surface area contributed by atoms with E-state index in [0.29, 0.717) is 17.8 Å². The van der Waals surface area contributed by atoms with Crippen molar-refractivity contribution >= 4 is 23.1 Å². The van der Waals surface area contributed by atoms with E-state index >= 15 is 0 Å². The van der Waals surface area contributed by atoms with Crippen molar-refractivity contribution in [2.24, 2.45) is 0 Å². The number of rotatable bonds is 3.